The lowest BCUT2D eigenvalue weighted by Crippen LogP contribution is -2.17. The number of aryl methyl sites for hydroxylation is 1. The standard InChI is InChI=1S/C17H21N/c1-11-9-14-15(18-4)10-17(2,3)16(14)13-8-6-5-7-12(11)13/h5-9,15,18H,10H2,1-4H3. The molecule has 1 nitrogen and oxygen atoms in total. The number of hydrogen-bond acceptors (Lipinski definition) is 1. The summed E-state index contributed by atoms with van der Waals surface area (Å²) in [6.07, 6.45) is 1.19. The van der Waals surface area contributed by atoms with E-state index >= 15 is 0 Å². The van der Waals surface area contributed by atoms with Crippen molar-refractivity contribution in [1.29, 1.82) is 0 Å². The number of nitrogens with one attached hydrogen (secondary N) is 1. The first-order valence-corrected chi connectivity index (χ1v) is 6.74. The largest absolute Gasteiger partial charge is 0.313 e. The van der Waals surface area contributed by atoms with Gasteiger partial charge in [0.05, 0.1) is 0 Å². The molecule has 1 aliphatic carbocycles. The molecule has 2 aromatic rings. The van der Waals surface area contributed by atoms with E-state index in [1.54, 1.807) is 5.56 Å². The lowest BCUT2D eigenvalue weighted by atomic mass is 9.83. The minimum Gasteiger partial charge on any atom is -0.313 e. The van der Waals surface area contributed by atoms with Crippen LogP contribution in [0, 0.1) is 6.92 Å². The van der Waals surface area contributed by atoms with Gasteiger partial charge in [0.15, 0.2) is 0 Å². The molecule has 0 bridgehead atoms. The lowest BCUT2D eigenvalue weighted by molar-refractivity contribution is 0.448. The Morgan fingerprint density at radius 2 is 1.83 bits per heavy atom. The molecule has 2 aromatic carbocycles. The predicted molar refractivity (Wildman–Crippen MR) is 78.1 cm³/mol. The molecule has 1 aliphatic rings. The van der Waals surface area contributed by atoms with Gasteiger partial charge >= 0.3 is 0 Å². The van der Waals surface area contributed by atoms with Gasteiger partial charge in [0.2, 0.25) is 0 Å². The zero-order valence-electron chi connectivity index (χ0n) is 11.7. The highest BCUT2D eigenvalue weighted by atomic mass is 14.9. The van der Waals surface area contributed by atoms with Crippen LogP contribution in [0.4, 0.5) is 0 Å². The summed E-state index contributed by atoms with van der Waals surface area (Å²) in [6, 6.07) is 11.7. The molecular formula is C17H21N. The first kappa shape index (κ1) is 11.7. The second-order valence-corrected chi connectivity index (χ2v) is 6.13. The van der Waals surface area contributed by atoms with Gasteiger partial charge in [-0.05, 0) is 53.3 Å². The van der Waals surface area contributed by atoms with Crippen LogP contribution in [-0.4, -0.2) is 7.05 Å². The fourth-order valence-electron chi connectivity index (χ4n) is 3.59. The molecule has 1 N–H and O–H groups in total. The highest BCUT2D eigenvalue weighted by Crippen LogP contribution is 2.48. The summed E-state index contributed by atoms with van der Waals surface area (Å²) in [7, 11) is 2.07. The molecule has 3 rings (SSSR count). The third-order valence-corrected chi connectivity index (χ3v) is 4.40. The van der Waals surface area contributed by atoms with E-state index < -0.39 is 0 Å². The zero-order chi connectivity index (χ0) is 12.9. The van der Waals surface area contributed by atoms with Crippen molar-refractivity contribution in [3.63, 3.8) is 0 Å². The van der Waals surface area contributed by atoms with Crippen molar-refractivity contribution in [1.82, 2.24) is 5.32 Å². The average Bonchev–Trinajstić information content (AvgIpc) is 2.61. The molecule has 1 unspecified atom stereocenters. The molecule has 1 heteroatoms. The van der Waals surface area contributed by atoms with Gasteiger partial charge in [0.1, 0.15) is 0 Å². The van der Waals surface area contributed by atoms with Gasteiger partial charge in [0.25, 0.3) is 0 Å². The van der Waals surface area contributed by atoms with Crippen LogP contribution in [0.25, 0.3) is 10.8 Å². The minimum atomic E-state index is 0.260. The van der Waals surface area contributed by atoms with Crippen LogP contribution in [0.5, 0.6) is 0 Å². The fourth-order valence-corrected chi connectivity index (χ4v) is 3.59. The summed E-state index contributed by atoms with van der Waals surface area (Å²) in [5.41, 5.74) is 4.69. The van der Waals surface area contributed by atoms with Crippen molar-refractivity contribution in [2.75, 3.05) is 7.05 Å². The van der Waals surface area contributed by atoms with Crippen LogP contribution in [-0.2, 0) is 5.41 Å². The Bertz CT molecular complexity index is 610. The van der Waals surface area contributed by atoms with E-state index in [1.807, 2.05) is 0 Å². The summed E-state index contributed by atoms with van der Waals surface area (Å²) >= 11 is 0. The highest BCUT2D eigenvalue weighted by Gasteiger charge is 2.37. The van der Waals surface area contributed by atoms with Crippen molar-refractivity contribution in [3.05, 3.63) is 47.0 Å². The monoisotopic (exact) mass is 239 g/mol. The van der Waals surface area contributed by atoms with Crippen LogP contribution in [0.15, 0.2) is 30.3 Å². The van der Waals surface area contributed by atoms with Crippen molar-refractivity contribution in [3.8, 4) is 0 Å². The molecule has 94 valence electrons. The number of fused-ring (bicyclic) bond motifs is 3. The topological polar surface area (TPSA) is 12.0 Å². The van der Waals surface area contributed by atoms with Crippen LogP contribution >= 0.6 is 0 Å². The van der Waals surface area contributed by atoms with Gasteiger partial charge in [0, 0.05) is 6.04 Å². The minimum absolute atomic E-state index is 0.260. The van der Waals surface area contributed by atoms with Crippen molar-refractivity contribution < 1.29 is 0 Å². The van der Waals surface area contributed by atoms with Crippen LogP contribution in [0.1, 0.15) is 43.0 Å². The Balaban J connectivity index is 2.41. The summed E-state index contributed by atoms with van der Waals surface area (Å²) in [4.78, 5) is 0. The van der Waals surface area contributed by atoms with Gasteiger partial charge in [-0.2, -0.15) is 0 Å². The second kappa shape index (κ2) is 3.83. The summed E-state index contributed by atoms with van der Waals surface area (Å²) < 4.78 is 0. The number of benzene rings is 2. The Morgan fingerprint density at radius 1 is 1.17 bits per heavy atom. The molecule has 0 aromatic heterocycles. The van der Waals surface area contributed by atoms with Crippen molar-refractivity contribution >= 4 is 10.8 Å². The third kappa shape index (κ3) is 1.50. The Kier molecular flexibility index (Phi) is 2.49. The van der Waals surface area contributed by atoms with Crippen molar-refractivity contribution in [2.45, 2.75) is 38.6 Å². The van der Waals surface area contributed by atoms with E-state index in [0.717, 1.165) is 0 Å². The van der Waals surface area contributed by atoms with Gasteiger partial charge in [-0.1, -0.05) is 44.2 Å². The molecule has 0 aliphatic heterocycles. The lowest BCUT2D eigenvalue weighted by Gasteiger charge is -2.21. The molecule has 18 heavy (non-hydrogen) atoms. The maximum atomic E-state index is 3.47. The third-order valence-electron chi connectivity index (χ3n) is 4.40. The molecule has 0 fully saturated rings. The number of hydrogen-bond donors (Lipinski definition) is 1. The quantitative estimate of drug-likeness (QED) is 0.790. The Hall–Kier alpha value is -1.34. The first-order valence-electron chi connectivity index (χ1n) is 6.74. The van der Waals surface area contributed by atoms with E-state index in [0.29, 0.717) is 6.04 Å². The molecule has 0 amide bonds. The molecule has 0 saturated carbocycles. The van der Waals surface area contributed by atoms with Crippen LogP contribution in [0.3, 0.4) is 0 Å². The van der Waals surface area contributed by atoms with E-state index in [9.17, 15) is 0 Å². The Morgan fingerprint density at radius 3 is 2.50 bits per heavy atom. The van der Waals surface area contributed by atoms with Crippen molar-refractivity contribution in [2.24, 2.45) is 0 Å². The molecule has 0 heterocycles. The SMILES string of the molecule is CNC1CC(C)(C)c2c1cc(C)c1ccccc21. The molecular weight excluding hydrogens is 218 g/mol. The van der Waals surface area contributed by atoms with Gasteiger partial charge in [-0.25, -0.2) is 0 Å². The summed E-state index contributed by atoms with van der Waals surface area (Å²) in [5, 5.41) is 6.31. The molecule has 0 spiro atoms. The zero-order valence-corrected chi connectivity index (χ0v) is 11.7. The van der Waals surface area contributed by atoms with E-state index in [1.165, 1.54) is 28.3 Å². The second-order valence-electron chi connectivity index (χ2n) is 6.13. The Labute approximate surface area is 109 Å². The molecule has 0 saturated heterocycles. The van der Waals surface area contributed by atoms with E-state index in [-0.39, 0.29) is 5.41 Å². The average molecular weight is 239 g/mol. The smallest absolute Gasteiger partial charge is 0.0329 e. The fraction of sp³-hybridized carbons (Fsp3) is 0.412. The van der Waals surface area contributed by atoms with E-state index in [2.05, 4.69) is 63.5 Å². The maximum absolute atomic E-state index is 3.47. The first-order chi connectivity index (χ1) is 8.54. The highest BCUT2D eigenvalue weighted by molar-refractivity contribution is 5.91. The predicted octanol–water partition coefficient (Wildman–Crippen LogP) is 4.09. The number of rotatable bonds is 1. The van der Waals surface area contributed by atoms with Gasteiger partial charge in [-0.3, -0.25) is 0 Å². The maximum Gasteiger partial charge on any atom is 0.0329 e. The van der Waals surface area contributed by atoms with Gasteiger partial charge in [-0.15, -0.1) is 0 Å². The van der Waals surface area contributed by atoms with Crippen LogP contribution in [0.2, 0.25) is 0 Å². The van der Waals surface area contributed by atoms with Crippen LogP contribution < -0.4 is 5.32 Å². The molecule has 0 radical (unpaired) electrons. The summed E-state index contributed by atoms with van der Waals surface area (Å²) in [6.45, 7) is 6.95. The summed E-state index contributed by atoms with van der Waals surface area (Å²) in [5.74, 6) is 0. The normalized spacial score (nSPS) is 21.2. The molecule has 1 atom stereocenters. The van der Waals surface area contributed by atoms with Gasteiger partial charge < -0.3 is 5.32 Å². The van der Waals surface area contributed by atoms with E-state index in [4.69, 9.17) is 0 Å².